The maximum absolute atomic E-state index is 2.48. The average molecular weight is 764 g/mol. The molecular weight excluding hydrogens is 723 g/mol. The Labute approximate surface area is 352 Å². The molecule has 0 N–H and O–H groups in total. The summed E-state index contributed by atoms with van der Waals surface area (Å²) in [5, 5.41) is 2.50. The Bertz CT molecular complexity index is 3090. The van der Waals surface area contributed by atoms with E-state index < -0.39 is 5.41 Å². The summed E-state index contributed by atoms with van der Waals surface area (Å²) in [5.74, 6) is 0. The van der Waals surface area contributed by atoms with Crippen molar-refractivity contribution in [3.8, 4) is 44.5 Å². The van der Waals surface area contributed by atoms with E-state index in [4.69, 9.17) is 0 Å². The van der Waals surface area contributed by atoms with Crippen molar-refractivity contribution in [3.05, 3.63) is 271 Å². The van der Waals surface area contributed by atoms with Crippen molar-refractivity contribution in [2.45, 2.75) is 5.41 Å². The Morgan fingerprint density at radius 3 is 1.53 bits per heavy atom. The van der Waals surface area contributed by atoms with Gasteiger partial charge in [0.2, 0.25) is 0 Å². The van der Waals surface area contributed by atoms with Crippen LogP contribution >= 0.6 is 0 Å². The second-order valence-corrected chi connectivity index (χ2v) is 15.6. The molecule has 60 heavy (non-hydrogen) atoms. The quantitative estimate of drug-likeness (QED) is 0.149. The molecule has 0 saturated carbocycles. The fraction of sp³-hybridized carbons (Fsp3) is 0.0169. The van der Waals surface area contributed by atoms with Gasteiger partial charge in [-0.15, -0.1) is 0 Å². The van der Waals surface area contributed by atoms with Crippen molar-refractivity contribution in [3.63, 3.8) is 0 Å². The highest BCUT2D eigenvalue weighted by Gasteiger charge is 2.47. The van der Waals surface area contributed by atoms with Crippen LogP contribution in [-0.2, 0) is 5.41 Å². The van der Waals surface area contributed by atoms with Crippen LogP contribution in [0, 0.1) is 0 Å². The molecule has 0 bridgehead atoms. The molecule has 0 fully saturated rings. The van der Waals surface area contributed by atoms with Crippen LogP contribution in [0.15, 0.2) is 249 Å². The summed E-state index contributed by atoms with van der Waals surface area (Å²) >= 11 is 0. The first-order valence-corrected chi connectivity index (χ1v) is 20.8. The van der Waals surface area contributed by atoms with E-state index in [0.717, 1.165) is 17.1 Å². The lowest BCUT2D eigenvalue weighted by Crippen LogP contribution is -2.28. The molecule has 282 valence electrons. The molecule has 0 atom stereocenters. The first kappa shape index (κ1) is 35.4. The first-order chi connectivity index (χ1) is 29.8. The Morgan fingerprint density at radius 1 is 0.300 bits per heavy atom. The third-order valence-corrected chi connectivity index (χ3v) is 12.4. The van der Waals surface area contributed by atoms with Crippen LogP contribution in [0.4, 0.5) is 17.1 Å². The van der Waals surface area contributed by atoms with Crippen LogP contribution in [0.25, 0.3) is 55.3 Å². The van der Waals surface area contributed by atoms with E-state index in [1.54, 1.807) is 0 Å². The fourth-order valence-electron chi connectivity index (χ4n) is 9.77. The maximum atomic E-state index is 2.48. The van der Waals surface area contributed by atoms with Crippen molar-refractivity contribution < 1.29 is 0 Å². The van der Waals surface area contributed by atoms with Crippen molar-refractivity contribution in [1.29, 1.82) is 0 Å². The number of anilines is 3. The number of rotatable bonds is 8. The number of hydrogen-bond acceptors (Lipinski definition) is 1. The van der Waals surface area contributed by atoms with Gasteiger partial charge < -0.3 is 4.90 Å². The Morgan fingerprint density at radius 2 is 0.800 bits per heavy atom. The van der Waals surface area contributed by atoms with Crippen molar-refractivity contribution >= 4 is 27.8 Å². The highest BCUT2D eigenvalue weighted by molar-refractivity contribution is 5.99. The summed E-state index contributed by atoms with van der Waals surface area (Å²) < 4.78 is 0. The molecule has 0 amide bonds. The molecule has 0 saturated heterocycles. The summed E-state index contributed by atoms with van der Waals surface area (Å²) in [6, 6.07) is 91.0. The van der Waals surface area contributed by atoms with Crippen LogP contribution < -0.4 is 4.90 Å². The van der Waals surface area contributed by atoms with E-state index in [-0.39, 0.29) is 0 Å². The largest absolute Gasteiger partial charge is 0.310 e. The second kappa shape index (κ2) is 14.9. The average Bonchev–Trinajstić information content (AvgIpc) is 3.64. The number of benzene rings is 10. The van der Waals surface area contributed by atoms with Gasteiger partial charge in [0, 0.05) is 16.9 Å². The number of nitrogens with zero attached hydrogens (tertiary/aromatic N) is 1. The van der Waals surface area contributed by atoms with E-state index >= 15 is 0 Å². The van der Waals surface area contributed by atoms with Crippen LogP contribution in [0.2, 0.25) is 0 Å². The lowest BCUT2D eigenvalue weighted by molar-refractivity contribution is 0.768. The molecule has 1 aliphatic carbocycles. The molecule has 10 aromatic rings. The summed E-state index contributed by atoms with van der Waals surface area (Å²) in [7, 11) is 0. The highest BCUT2D eigenvalue weighted by Crippen LogP contribution is 2.59. The van der Waals surface area contributed by atoms with Gasteiger partial charge in [-0.05, 0) is 102 Å². The topological polar surface area (TPSA) is 3.24 Å². The highest BCUT2D eigenvalue weighted by atomic mass is 15.1. The lowest BCUT2D eigenvalue weighted by Gasteiger charge is -2.34. The van der Waals surface area contributed by atoms with Gasteiger partial charge in [0.05, 0.1) is 11.1 Å². The maximum Gasteiger partial charge on any atom is 0.0714 e. The van der Waals surface area contributed by atoms with Gasteiger partial charge in [0.15, 0.2) is 0 Å². The van der Waals surface area contributed by atoms with Crippen LogP contribution in [0.1, 0.15) is 22.3 Å². The second-order valence-electron chi connectivity index (χ2n) is 15.6. The molecule has 0 radical (unpaired) electrons. The van der Waals surface area contributed by atoms with Crippen LogP contribution in [-0.4, -0.2) is 0 Å². The van der Waals surface area contributed by atoms with Gasteiger partial charge in [-0.1, -0.05) is 218 Å². The number of fused-ring (bicyclic) bond motifs is 4. The van der Waals surface area contributed by atoms with Gasteiger partial charge in [0.1, 0.15) is 0 Å². The van der Waals surface area contributed by atoms with Gasteiger partial charge in [0.25, 0.3) is 0 Å². The van der Waals surface area contributed by atoms with Crippen LogP contribution in [0.5, 0.6) is 0 Å². The van der Waals surface area contributed by atoms with Crippen molar-refractivity contribution in [2.24, 2.45) is 0 Å². The van der Waals surface area contributed by atoms with Gasteiger partial charge in [-0.2, -0.15) is 0 Å². The third kappa shape index (κ3) is 5.78. The molecule has 10 aromatic carbocycles. The molecule has 11 rings (SSSR count). The molecule has 0 heterocycles. The summed E-state index contributed by atoms with van der Waals surface area (Å²) in [6.45, 7) is 0. The monoisotopic (exact) mass is 763 g/mol. The van der Waals surface area contributed by atoms with E-state index in [1.165, 1.54) is 77.5 Å². The van der Waals surface area contributed by atoms with Gasteiger partial charge in [-0.3, -0.25) is 0 Å². The minimum atomic E-state index is -0.509. The SMILES string of the molecule is c1ccc(-c2ccccc2-c2cccc(N(c3ccc(-c4cccc5ccccc45)cc3)c3cccc4c3-c3ccccc3C4(c3ccccc3)c3ccccc3)c2)cc1. The fourth-order valence-corrected chi connectivity index (χ4v) is 9.77. The Hall–Kier alpha value is -7.74. The van der Waals surface area contributed by atoms with Crippen LogP contribution in [0.3, 0.4) is 0 Å². The predicted octanol–water partition coefficient (Wildman–Crippen LogP) is 15.7. The zero-order chi connectivity index (χ0) is 39.9. The molecular formula is C59H41N. The first-order valence-electron chi connectivity index (χ1n) is 20.8. The molecule has 1 aliphatic rings. The molecule has 0 unspecified atom stereocenters. The zero-order valence-corrected chi connectivity index (χ0v) is 33.1. The summed E-state index contributed by atoms with van der Waals surface area (Å²) in [5.41, 5.74) is 17.6. The minimum Gasteiger partial charge on any atom is -0.310 e. The van der Waals surface area contributed by atoms with E-state index in [9.17, 15) is 0 Å². The Kier molecular flexibility index (Phi) is 8.79. The van der Waals surface area contributed by atoms with Gasteiger partial charge in [-0.25, -0.2) is 0 Å². The summed E-state index contributed by atoms with van der Waals surface area (Å²) in [4.78, 5) is 2.48. The van der Waals surface area contributed by atoms with E-state index in [0.29, 0.717) is 0 Å². The van der Waals surface area contributed by atoms with E-state index in [1.807, 2.05) is 0 Å². The van der Waals surface area contributed by atoms with Crippen molar-refractivity contribution in [1.82, 2.24) is 0 Å². The molecule has 0 aromatic heterocycles. The van der Waals surface area contributed by atoms with E-state index in [2.05, 4.69) is 254 Å². The predicted molar refractivity (Wildman–Crippen MR) is 252 cm³/mol. The minimum absolute atomic E-state index is 0.509. The molecule has 0 aliphatic heterocycles. The summed E-state index contributed by atoms with van der Waals surface area (Å²) in [6.07, 6.45) is 0. The standard InChI is InChI=1S/C59H41N/c1-4-19-42(20-5-1)51-30-12-13-31-53(51)45-23-16-28-49(41-45)60(48-39-37-44(38-40-48)52-33-17-22-43-21-10-11-29-50(43)52)57-36-18-35-56-58(57)54-32-14-15-34-55(54)59(56,46-24-6-2-7-25-46)47-26-8-3-9-27-47/h1-41H. The number of hydrogen-bond donors (Lipinski definition) is 0. The normalized spacial score (nSPS) is 12.5. The molecule has 0 spiro atoms. The zero-order valence-electron chi connectivity index (χ0n) is 33.1. The lowest BCUT2D eigenvalue weighted by atomic mass is 9.68. The third-order valence-electron chi connectivity index (χ3n) is 12.4. The Balaban J connectivity index is 1.16. The smallest absolute Gasteiger partial charge is 0.0714 e. The molecule has 1 nitrogen and oxygen atoms in total. The molecule has 1 heteroatoms. The van der Waals surface area contributed by atoms with Gasteiger partial charge >= 0.3 is 0 Å². The van der Waals surface area contributed by atoms with Crippen molar-refractivity contribution in [2.75, 3.05) is 4.90 Å².